The van der Waals surface area contributed by atoms with Crippen LogP contribution in [0.4, 0.5) is 0 Å². The molecule has 0 unspecified atom stereocenters. The molecule has 2 aromatic rings. The SMILES string of the molecule is CC[C@]12OC(C)(C)O[C@H]1[C@@H](O)C=C2CO[Si](c1ccccc1)(c1ccccc1)C(C)(C)C. The summed E-state index contributed by atoms with van der Waals surface area (Å²) in [5.41, 5.74) is 0.324. The summed E-state index contributed by atoms with van der Waals surface area (Å²) in [6, 6.07) is 21.2. The summed E-state index contributed by atoms with van der Waals surface area (Å²) in [6.45, 7) is 13.1. The lowest BCUT2D eigenvalue weighted by atomic mass is 9.90. The van der Waals surface area contributed by atoms with Crippen LogP contribution in [0.3, 0.4) is 0 Å². The van der Waals surface area contributed by atoms with Crippen molar-refractivity contribution < 1.29 is 19.0 Å². The lowest BCUT2D eigenvalue weighted by Crippen LogP contribution is -2.67. The Kier molecular flexibility index (Phi) is 6.01. The van der Waals surface area contributed by atoms with Crippen LogP contribution in [0, 0.1) is 0 Å². The van der Waals surface area contributed by atoms with Gasteiger partial charge < -0.3 is 19.0 Å². The van der Waals surface area contributed by atoms with E-state index in [2.05, 4.69) is 88.4 Å². The Hall–Kier alpha value is -1.76. The van der Waals surface area contributed by atoms with Crippen molar-refractivity contribution in [3.63, 3.8) is 0 Å². The Balaban J connectivity index is 1.77. The molecular formula is C27H36O4Si. The molecule has 1 saturated heterocycles. The monoisotopic (exact) mass is 452 g/mol. The summed E-state index contributed by atoms with van der Waals surface area (Å²) in [5.74, 6) is -0.738. The maximum Gasteiger partial charge on any atom is 0.261 e. The van der Waals surface area contributed by atoms with Crippen LogP contribution in [0.2, 0.25) is 5.04 Å². The van der Waals surface area contributed by atoms with Crippen LogP contribution < -0.4 is 10.4 Å². The average Bonchev–Trinajstić information content (AvgIpc) is 3.18. The van der Waals surface area contributed by atoms with Gasteiger partial charge in [-0.05, 0) is 47.3 Å². The first-order valence-corrected chi connectivity index (χ1v) is 13.5. The van der Waals surface area contributed by atoms with E-state index in [0.29, 0.717) is 13.0 Å². The summed E-state index contributed by atoms with van der Waals surface area (Å²) in [4.78, 5) is 0. The van der Waals surface area contributed by atoms with Gasteiger partial charge in [-0.3, -0.25) is 0 Å². The van der Waals surface area contributed by atoms with E-state index in [-0.39, 0.29) is 5.04 Å². The van der Waals surface area contributed by atoms with Crippen molar-refractivity contribution in [3.8, 4) is 0 Å². The maximum atomic E-state index is 10.8. The van der Waals surface area contributed by atoms with Gasteiger partial charge in [0.15, 0.2) is 5.79 Å². The summed E-state index contributed by atoms with van der Waals surface area (Å²) in [7, 11) is -2.68. The lowest BCUT2D eigenvalue weighted by molar-refractivity contribution is -0.163. The van der Waals surface area contributed by atoms with Gasteiger partial charge in [-0.15, -0.1) is 0 Å². The van der Waals surface area contributed by atoms with Crippen molar-refractivity contribution in [1.29, 1.82) is 0 Å². The van der Waals surface area contributed by atoms with Gasteiger partial charge in [0.1, 0.15) is 17.8 Å². The van der Waals surface area contributed by atoms with E-state index in [4.69, 9.17) is 13.9 Å². The molecule has 2 aliphatic rings. The van der Waals surface area contributed by atoms with Gasteiger partial charge in [0.25, 0.3) is 8.32 Å². The van der Waals surface area contributed by atoms with Crippen molar-refractivity contribution in [2.24, 2.45) is 0 Å². The summed E-state index contributed by atoms with van der Waals surface area (Å²) in [6.07, 6.45) is 1.50. The minimum absolute atomic E-state index is 0.113. The van der Waals surface area contributed by atoms with E-state index in [1.807, 2.05) is 19.9 Å². The quantitative estimate of drug-likeness (QED) is 0.528. The molecule has 5 heteroatoms. The van der Waals surface area contributed by atoms with Gasteiger partial charge in [0.05, 0.1) is 6.61 Å². The Morgan fingerprint density at radius 1 is 0.969 bits per heavy atom. The average molecular weight is 453 g/mol. The van der Waals surface area contributed by atoms with Gasteiger partial charge >= 0.3 is 0 Å². The largest absolute Gasteiger partial charge is 0.403 e. The first-order valence-electron chi connectivity index (χ1n) is 11.6. The molecule has 3 atom stereocenters. The molecule has 1 fully saturated rings. The number of rotatable bonds is 6. The highest BCUT2D eigenvalue weighted by Gasteiger charge is 2.60. The van der Waals surface area contributed by atoms with E-state index in [1.54, 1.807) is 0 Å². The van der Waals surface area contributed by atoms with E-state index in [9.17, 15) is 5.11 Å². The van der Waals surface area contributed by atoms with Gasteiger partial charge in [0.2, 0.25) is 0 Å². The third kappa shape index (κ3) is 3.70. The fraction of sp³-hybridized carbons (Fsp3) is 0.481. The topological polar surface area (TPSA) is 47.9 Å². The van der Waals surface area contributed by atoms with Crippen LogP contribution in [-0.4, -0.2) is 43.6 Å². The molecule has 172 valence electrons. The first-order chi connectivity index (χ1) is 15.1. The summed E-state index contributed by atoms with van der Waals surface area (Å²) in [5, 5.41) is 13.2. The summed E-state index contributed by atoms with van der Waals surface area (Å²) >= 11 is 0. The van der Waals surface area contributed by atoms with Gasteiger partial charge in [-0.2, -0.15) is 0 Å². The van der Waals surface area contributed by atoms with Crippen LogP contribution in [0.1, 0.15) is 48.0 Å². The van der Waals surface area contributed by atoms with Crippen molar-refractivity contribution in [2.45, 2.75) is 76.6 Å². The Bertz CT molecular complexity index is 925. The molecule has 0 radical (unpaired) electrons. The van der Waals surface area contributed by atoms with Gasteiger partial charge in [0, 0.05) is 0 Å². The van der Waals surface area contributed by atoms with Crippen molar-refractivity contribution in [1.82, 2.24) is 0 Å². The zero-order chi connectivity index (χ0) is 23.2. The van der Waals surface area contributed by atoms with Gasteiger partial charge in [-0.1, -0.05) is 88.4 Å². The molecule has 1 N–H and O–H groups in total. The van der Waals surface area contributed by atoms with E-state index in [1.165, 1.54) is 10.4 Å². The lowest BCUT2D eigenvalue weighted by Gasteiger charge is -2.44. The number of benzene rings is 2. The molecule has 0 saturated carbocycles. The molecule has 2 aromatic carbocycles. The minimum atomic E-state index is -2.68. The predicted octanol–water partition coefficient (Wildman–Crippen LogP) is 4.16. The van der Waals surface area contributed by atoms with E-state index < -0.39 is 31.9 Å². The van der Waals surface area contributed by atoms with Crippen LogP contribution in [0.15, 0.2) is 72.3 Å². The van der Waals surface area contributed by atoms with Crippen LogP contribution >= 0.6 is 0 Å². The molecule has 4 nitrogen and oxygen atoms in total. The zero-order valence-electron chi connectivity index (χ0n) is 20.1. The van der Waals surface area contributed by atoms with Crippen molar-refractivity contribution in [2.75, 3.05) is 6.61 Å². The molecule has 0 bridgehead atoms. The van der Waals surface area contributed by atoms with Crippen LogP contribution in [0.25, 0.3) is 0 Å². The fourth-order valence-corrected chi connectivity index (χ4v) is 10.1. The second-order valence-electron chi connectivity index (χ2n) is 10.4. The molecule has 32 heavy (non-hydrogen) atoms. The highest BCUT2D eigenvalue weighted by Crippen LogP contribution is 2.49. The number of aliphatic hydroxyl groups is 1. The third-order valence-electron chi connectivity index (χ3n) is 6.91. The molecule has 0 amide bonds. The number of aliphatic hydroxyl groups excluding tert-OH is 1. The smallest absolute Gasteiger partial charge is 0.261 e. The van der Waals surface area contributed by atoms with Crippen LogP contribution in [-0.2, 0) is 13.9 Å². The second kappa shape index (κ2) is 8.23. The highest BCUT2D eigenvalue weighted by atomic mass is 28.4. The number of hydrogen-bond acceptors (Lipinski definition) is 4. The Morgan fingerprint density at radius 3 is 1.97 bits per heavy atom. The van der Waals surface area contributed by atoms with E-state index in [0.717, 1.165) is 5.57 Å². The predicted molar refractivity (Wildman–Crippen MR) is 131 cm³/mol. The summed E-state index contributed by atoms with van der Waals surface area (Å²) < 4.78 is 19.7. The molecule has 1 aliphatic carbocycles. The molecule has 1 heterocycles. The molecular weight excluding hydrogens is 416 g/mol. The normalized spacial score (nSPS) is 27.3. The fourth-order valence-electron chi connectivity index (χ4n) is 5.57. The van der Waals surface area contributed by atoms with Crippen LogP contribution in [0.5, 0.6) is 0 Å². The van der Waals surface area contributed by atoms with Crippen molar-refractivity contribution in [3.05, 3.63) is 72.3 Å². The molecule has 4 rings (SSSR count). The van der Waals surface area contributed by atoms with E-state index >= 15 is 0 Å². The standard InChI is InChI=1S/C27H36O4Si/c1-7-27-20(18-23(28)24(27)30-26(5,6)31-27)19-29-32(25(2,3)4,21-14-10-8-11-15-21)22-16-12-9-13-17-22/h8-18,23-24,28H,7,19H2,1-6H3/t23-,24-,27+/m0/s1. The number of hydrogen-bond donors (Lipinski definition) is 1. The second-order valence-corrected chi connectivity index (χ2v) is 14.7. The first kappa shape index (κ1) is 23.4. The minimum Gasteiger partial charge on any atom is -0.403 e. The number of fused-ring (bicyclic) bond motifs is 1. The number of ether oxygens (including phenoxy) is 2. The molecule has 0 spiro atoms. The van der Waals surface area contributed by atoms with Gasteiger partial charge in [-0.25, -0.2) is 0 Å². The highest BCUT2D eigenvalue weighted by molar-refractivity contribution is 6.99. The molecule has 0 aromatic heterocycles. The Morgan fingerprint density at radius 2 is 1.50 bits per heavy atom. The third-order valence-corrected chi connectivity index (χ3v) is 11.9. The zero-order valence-corrected chi connectivity index (χ0v) is 21.1. The maximum absolute atomic E-state index is 10.8. The molecule has 1 aliphatic heterocycles. The van der Waals surface area contributed by atoms with Crippen molar-refractivity contribution >= 4 is 18.7 Å². The Labute approximate surface area is 193 Å².